The molecule has 2 nitrogen and oxygen atoms in total. The van der Waals surface area contributed by atoms with E-state index in [9.17, 15) is 0 Å². The van der Waals surface area contributed by atoms with Crippen molar-refractivity contribution in [3.63, 3.8) is 0 Å². The topological polar surface area (TPSA) is 52.0 Å². The second-order valence-corrected chi connectivity index (χ2v) is 3.95. The summed E-state index contributed by atoms with van der Waals surface area (Å²) in [5.74, 6) is 0. The van der Waals surface area contributed by atoms with Crippen LogP contribution in [0.5, 0.6) is 0 Å². The minimum absolute atomic E-state index is 0.421. The Morgan fingerprint density at radius 3 is 2.00 bits per heavy atom. The quantitative estimate of drug-likeness (QED) is 0.575. The zero-order valence-corrected chi connectivity index (χ0v) is 7.90. The molecule has 0 atom stereocenters. The molecule has 68 valence electrons. The molecule has 0 aliphatic carbocycles. The summed E-state index contributed by atoms with van der Waals surface area (Å²) >= 11 is 0. The SMILES string of the molecule is CC(C)(CCN)CCCCN. The number of hydrogen-bond donors (Lipinski definition) is 2. The molecule has 0 bridgehead atoms. The van der Waals surface area contributed by atoms with Crippen LogP contribution in [0, 0.1) is 5.41 Å². The summed E-state index contributed by atoms with van der Waals surface area (Å²) in [6, 6.07) is 0. The van der Waals surface area contributed by atoms with Crippen molar-refractivity contribution in [2.24, 2.45) is 16.9 Å². The standard InChI is InChI=1S/C9H22N2/c1-9(2,6-8-11)5-3-4-7-10/h3-8,10-11H2,1-2H3. The fourth-order valence-corrected chi connectivity index (χ4v) is 1.26. The van der Waals surface area contributed by atoms with Crippen molar-refractivity contribution in [1.82, 2.24) is 0 Å². The first-order chi connectivity index (χ1) is 5.12. The van der Waals surface area contributed by atoms with Gasteiger partial charge in [0.15, 0.2) is 0 Å². The van der Waals surface area contributed by atoms with Crippen LogP contribution in [0.3, 0.4) is 0 Å². The molecule has 0 saturated carbocycles. The minimum atomic E-state index is 0.421. The molecule has 0 aliphatic heterocycles. The lowest BCUT2D eigenvalue weighted by molar-refractivity contribution is 0.302. The van der Waals surface area contributed by atoms with Gasteiger partial charge in [-0.1, -0.05) is 20.3 Å². The number of rotatable bonds is 6. The summed E-state index contributed by atoms with van der Waals surface area (Å²) in [5.41, 5.74) is 11.3. The summed E-state index contributed by atoms with van der Waals surface area (Å²) in [6.07, 6.45) is 4.76. The molecule has 0 amide bonds. The molecular formula is C9H22N2. The molecule has 0 fully saturated rings. The molecule has 0 radical (unpaired) electrons. The van der Waals surface area contributed by atoms with Crippen LogP contribution in [-0.2, 0) is 0 Å². The van der Waals surface area contributed by atoms with Crippen LogP contribution >= 0.6 is 0 Å². The van der Waals surface area contributed by atoms with Gasteiger partial charge in [-0.3, -0.25) is 0 Å². The van der Waals surface area contributed by atoms with Gasteiger partial charge in [0.05, 0.1) is 0 Å². The van der Waals surface area contributed by atoms with Gasteiger partial charge in [0.25, 0.3) is 0 Å². The van der Waals surface area contributed by atoms with E-state index in [-0.39, 0.29) is 0 Å². The zero-order chi connectivity index (χ0) is 8.74. The molecule has 0 heterocycles. The molecule has 2 heteroatoms. The average molecular weight is 158 g/mol. The molecule has 11 heavy (non-hydrogen) atoms. The van der Waals surface area contributed by atoms with E-state index >= 15 is 0 Å². The highest BCUT2D eigenvalue weighted by atomic mass is 14.5. The first kappa shape index (κ1) is 10.9. The Hall–Kier alpha value is -0.0800. The highest BCUT2D eigenvalue weighted by Gasteiger charge is 2.15. The van der Waals surface area contributed by atoms with Crippen molar-refractivity contribution in [2.45, 2.75) is 39.5 Å². The lowest BCUT2D eigenvalue weighted by Gasteiger charge is -2.23. The van der Waals surface area contributed by atoms with E-state index < -0.39 is 0 Å². The highest BCUT2D eigenvalue weighted by Crippen LogP contribution is 2.26. The summed E-state index contributed by atoms with van der Waals surface area (Å²) in [4.78, 5) is 0. The van der Waals surface area contributed by atoms with E-state index in [1.165, 1.54) is 12.8 Å². The Bertz CT molecular complexity index is 89.6. The summed E-state index contributed by atoms with van der Waals surface area (Å²) < 4.78 is 0. The van der Waals surface area contributed by atoms with E-state index in [0.717, 1.165) is 25.9 Å². The molecule has 0 aromatic carbocycles. The predicted molar refractivity (Wildman–Crippen MR) is 50.4 cm³/mol. The molecule has 0 aromatic rings. The fraction of sp³-hybridized carbons (Fsp3) is 1.00. The van der Waals surface area contributed by atoms with Crippen LogP contribution in [0.25, 0.3) is 0 Å². The predicted octanol–water partition coefficient (Wildman–Crippen LogP) is 1.49. The van der Waals surface area contributed by atoms with Crippen LogP contribution in [0.2, 0.25) is 0 Å². The largest absolute Gasteiger partial charge is 0.330 e. The first-order valence-corrected chi connectivity index (χ1v) is 4.52. The van der Waals surface area contributed by atoms with E-state index in [4.69, 9.17) is 11.5 Å². The van der Waals surface area contributed by atoms with Gasteiger partial charge < -0.3 is 11.5 Å². The third kappa shape index (κ3) is 6.32. The van der Waals surface area contributed by atoms with Crippen LogP contribution < -0.4 is 11.5 Å². The highest BCUT2D eigenvalue weighted by molar-refractivity contribution is 4.68. The molecule has 0 saturated heterocycles. The Labute approximate surface area is 70.3 Å². The Kier molecular flexibility index (Phi) is 5.51. The third-order valence-corrected chi connectivity index (χ3v) is 2.13. The molecule has 0 aromatic heterocycles. The van der Waals surface area contributed by atoms with E-state index in [1.807, 2.05) is 0 Å². The monoisotopic (exact) mass is 158 g/mol. The molecular weight excluding hydrogens is 136 g/mol. The normalized spacial score (nSPS) is 12.0. The van der Waals surface area contributed by atoms with E-state index in [2.05, 4.69) is 13.8 Å². The number of hydrogen-bond acceptors (Lipinski definition) is 2. The van der Waals surface area contributed by atoms with Gasteiger partial charge >= 0.3 is 0 Å². The van der Waals surface area contributed by atoms with Crippen molar-refractivity contribution < 1.29 is 0 Å². The van der Waals surface area contributed by atoms with Gasteiger partial charge in [0.1, 0.15) is 0 Å². The summed E-state index contributed by atoms with van der Waals surface area (Å²) in [5, 5.41) is 0. The van der Waals surface area contributed by atoms with Crippen LogP contribution in [0.4, 0.5) is 0 Å². The molecule has 0 unspecified atom stereocenters. The molecule has 4 N–H and O–H groups in total. The average Bonchev–Trinajstić information content (AvgIpc) is 1.87. The fourth-order valence-electron chi connectivity index (χ4n) is 1.26. The number of unbranched alkanes of at least 4 members (excludes halogenated alkanes) is 1. The van der Waals surface area contributed by atoms with E-state index in [0.29, 0.717) is 5.41 Å². The Balaban J connectivity index is 3.38. The zero-order valence-electron chi connectivity index (χ0n) is 7.90. The van der Waals surface area contributed by atoms with Crippen LogP contribution in [-0.4, -0.2) is 13.1 Å². The second-order valence-electron chi connectivity index (χ2n) is 3.95. The van der Waals surface area contributed by atoms with Gasteiger partial charge in [0, 0.05) is 0 Å². The van der Waals surface area contributed by atoms with Gasteiger partial charge in [-0.25, -0.2) is 0 Å². The number of nitrogens with two attached hydrogens (primary N) is 2. The Morgan fingerprint density at radius 2 is 1.55 bits per heavy atom. The molecule has 0 rings (SSSR count). The van der Waals surface area contributed by atoms with Crippen molar-refractivity contribution in [3.05, 3.63) is 0 Å². The lowest BCUT2D eigenvalue weighted by atomic mass is 9.84. The Morgan fingerprint density at radius 1 is 0.909 bits per heavy atom. The van der Waals surface area contributed by atoms with E-state index in [1.54, 1.807) is 0 Å². The van der Waals surface area contributed by atoms with Crippen molar-refractivity contribution in [1.29, 1.82) is 0 Å². The second kappa shape index (κ2) is 5.56. The van der Waals surface area contributed by atoms with Crippen molar-refractivity contribution >= 4 is 0 Å². The minimum Gasteiger partial charge on any atom is -0.330 e. The smallest absolute Gasteiger partial charge is 0.00722 e. The maximum atomic E-state index is 5.49. The summed E-state index contributed by atoms with van der Waals surface area (Å²) in [7, 11) is 0. The van der Waals surface area contributed by atoms with Crippen molar-refractivity contribution in [2.75, 3.05) is 13.1 Å². The lowest BCUT2D eigenvalue weighted by Crippen LogP contribution is -2.17. The maximum absolute atomic E-state index is 5.49. The van der Waals surface area contributed by atoms with Crippen LogP contribution in [0.15, 0.2) is 0 Å². The van der Waals surface area contributed by atoms with Crippen molar-refractivity contribution in [3.8, 4) is 0 Å². The molecule has 0 spiro atoms. The first-order valence-electron chi connectivity index (χ1n) is 4.52. The van der Waals surface area contributed by atoms with Crippen LogP contribution in [0.1, 0.15) is 39.5 Å². The molecule has 0 aliphatic rings. The maximum Gasteiger partial charge on any atom is -0.00722 e. The van der Waals surface area contributed by atoms with Gasteiger partial charge in [-0.05, 0) is 37.8 Å². The van der Waals surface area contributed by atoms with Gasteiger partial charge in [-0.2, -0.15) is 0 Å². The third-order valence-electron chi connectivity index (χ3n) is 2.13. The van der Waals surface area contributed by atoms with Gasteiger partial charge in [-0.15, -0.1) is 0 Å². The van der Waals surface area contributed by atoms with Gasteiger partial charge in [0.2, 0.25) is 0 Å². The summed E-state index contributed by atoms with van der Waals surface area (Å²) in [6.45, 7) is 6.17.